The Morgan fingerprint density at radius 1 is 0.895 bits per heavy atom. The first-order valence-corrected chi connectivity index (χ1v) is 10.9. The van der Waals surface area contributed by atoms with Crippen molar-refractivity contribution < 1.29 is 39.9 Å². The summed E-state index contributed by atoms with van der Waals surface area (Å²) in [6.45, 7) is 4.25. The van der Waals surface area contributed by atoms with Gasteiger partial charge in [-0.15, -0.1) is 0 Å². The summed E-state index contributed by atoms with van der Waals surface area (Å²) < 4.78 is 30.3. The monoisotopic (exact) mass is 578 g/mol. The molecule has 0 fully saturated rings. The summed E-state index contributed by atoms with van der Waals surface area (Å²) in [5, 5.41) is 17.8. The van der Waals surface area contributed by atoms with Crippen LogP contribution in [0, 0.1) is 34.3 Å². The predicted octanol–water partition coefficient (Wildman–Crippen LogP) is 0.636. The number of rotatable bonds is 8. The summed E-state index contributed by atoms with van der Waals surface area (Å²) in [5.41, 5.74) is 1.53. The normalized spacial score (nSPS) is 9.68. The molecule has 2 aromatic carbocycles. The van der Waals surface area contributed by atoms with Gasteiger partial charge in [0.1, 0.15) is 42.2 Å². The summed E-state index contributed by atoms with van der Waals surface area (Å²) in [5.74, 6) is -1.15. The van der Waals surface area contributed by atoms with Crippen molar-refractivity contribution >= 4 is 11.6 Å². The number of nitriles is 2. The molecule has 0 saturated carbocycles. The number of carbonyl (C=O) groups is 2. The van der Waals surface area contributed by atoms with Crippen LogP contribution in [-0.4, -0.2) is 25.7 Å². The quantitative estimate of drug-likeness (QED) is 0.173. The highest BCUT2D eigenvalue weighted by Crippen LogP contribution is 2.08. The van der Waals surface area contributed by atoms with Gasteiger partial charge in [-0.1, -0.05) is 12.7 Å². The molecule has 4 rings (SSSR count). The first kappa shape index (κ1) is 29.5. The van der Waals surface area contributed by atoms with Gasteiger partial charge in [-0.25, -0.2) is 22.9 Å². The molecule has 0 saturated heterocycles. The number of Topliss-reactive ketones (excluding diaryl/α,β-unsaturated/α-hetero) is 2. The Balaban J connectivity index is 0.000000263. The van der Waals surface area contributed by atoms with Crippen LogP contribution in [0.3, 0.4) is 0 Å². The van der Waals surface area contributed by atoms with Gasteiger partial charge in [0.25, 0.3) is 0 Å². The fourth-order valence-corrected chi connectivity index (χ4v) is 3.28. The number of hydrogen-bond acceptors (Lipinski definition) is 5. The van der Waals surface area contributed by atoms with Crippen LogP contribution in [0.15, 0.2) is 86.2 Å². The number of aromatic nitrogens is 4. The molecule has 0 spiro atoms. The maximum atomic E-state index is 12.8. The van der Waals surface area contributed by atoms with E-state index in [1.54, 1.807) is 27.7 Å². The average molecular weight is 579 g/mol. The lowest BCUT2D eigenvalue weighted by molar-refractivity contribution is -0.686. The molecule has 192 valence electrons. The van der Waals surface area contributed by atoms with Crippen molar-refractivity contribution in [2.45, 2.75) is 19.6 Å². The van der Waals surface area contributed by atoms with Gasteiger partial charge in [-0.05, 0) is 48.5 Å². The van der Waals surface area contributed by atoms with Crippen molar-refractivity contribution in [1.29, 1.82) is 10.5 Å². The van der Waals surface area contributed by atoms with E-state index in [2.05, 4.69) is 11.6 Å². The largest absolute Gasteiger partial charge is 1.00 e. The number of allylic oxidation sites excluding steroid dienone is 1. The molecule has 0 radical (unpaired) electrons. The van der Waals surface area contributed by atoms with Crippen molar-refractivity contribution in [3.8, 4) is 12.1 Å². The van der Waals surface area contributed by atoms with E-state index in [0.717, 1.165) is 0 Å². The SMILES string of the molecule is C=CC[n+]1cc(C#N)n(CC(=O)c2ccc(F)cc2)c1.N#Cc1cncn1CC(=O)c1ccc(F)cc1.[Br-]. The Labute approximate surface area is 228 Å². The van der Waals surface area contributed by atoms with E-state index in [-0.39, 0.29) is 53.3 Å². The molecule has 0 bridgehead atoms. The number of benzene rings is 2. The molecule has 38 heavy (non-hydrogen) atoms. The fraction of sp³-hybridized carbons (Fsp3) is 0.111. The minimum absolute atomic E-state index is 0. The van der Waals surface area contributed by atoms with E-state index in [1.165, 1.54) is 65.6 Å². The van der Waals surface area contributed by atoms with Crippen LogP contribution in [0.2, 0.25) is 0 Å². The summed E-state index contributed by atoms with van der Waals surface area (Å²) in [4.78, 5) is 27.7. The third kappa shape index (κ3) is 7.88. The Kier molecular flexibility index (Phi) is 11.0. The van der Waals surface area contributed by atoms with E-state index in [4.69, 9.17) is 10.5 Å². The maximum absolute atomic E-state index is 12.8. The van der Waals surface area contributed by atoms with Crippen LogP contribution in [0.4, 0.5) is 8.78 Å². The lowest BCUT2D eigenvalue weighted by Crippen LogP contribution is -3.00. The second-order valence-corrected chi connectivity index (χ2v) is 7.73. The maximum Gasteiger partial charge on any atom is 0.245 e. The molecule has 8 nitrogen and oxygen atoms in total. The van der Waals surface area contributed by atoms with Crippen molar-refractivity contribution in [2.75, 3.05) is 0 Å². The molecular formula is C27H21BrF2N6O2. The number of nitrogens with zero attached hydrogens (tertiary/aromatic N) is 6. The first-order chi connectivity index (χ1) is 17.8. The van der Waals surface area contributed by atoms with E-state index in [9.17, 15) is 18.4 Å². The van der Waals surface area contributed by atoms with Gasteiger partial charge in [0.15, 0.2) is 12.3 Å². The zero-order valence-electron chi connectivity index (χ0n) is 20.0. The molecule has 2 heterocycles. The molecule has 0 aliphatic heterocycles. The Hall–Kier alpha value is -4.74. The van der Waals surface area contributed by atoms with Crippen molar-refractivity contribution in [1.82, 2.24) is 14.1 Å². The van der Waals surface area contributed by atoms with Crippen LogP contribution < -0.4 is 21.5 Å². The van der Waals surface area contributed by atoms with Crippen LogP contribution in [0.1, 0.15) is 32.1 Å². The van der Waals surface area contributed by atoms with E-state index < -0.39 is 0 Å². The number of halogens is 3. The minimum atomic E-state index is -0.387. The second-order valence-electron chi connectivity index (χ2n) is 7.73. The van der Waals surface area contributed by atoms with Crippen LogP contribution in [0.5, 0.6) is 0 Å². The number of imidazole rings is 2. The summed E-state index contributed by atoms with van der Waals surface area (Å²) in [6.07, 6.45) is 7.84. The lowest BCUT2D eigenvalue weighted by atomic mass is 10.1. The summed E-state index contributed by atoms with van der Waals surface area (Å²) in [6, 6.07) is 14.6. The third-order valence-corrected chi connectivity index (χ3v) is 5.13. The molecule has 0 aliphatic rings. The predicted molar refractivity (Wildman–Crippen MR) is 128 cm³/mol. The molecule has 0 aliphatic carbocycles. The smallest absolute Gasteiger partial charge is 0.245 e. The molecule has 0 N–H and O–H groups in total. The average Bonchev–Trinajstić information content (AvgIpc) is 3.51. The lowest BCUT2D eigenvalue weighted by Gasteiger charge is -2.03. The molecule has 2 aromatic heterocycles. The van der Waals surface area contributed by atoms with Gasteiger partial charge >= 0.3 is 0 Å². The summed E-state index contributed by atoms with van der Waals surface area (Å²) >= 11 is 0. The molecule has 11 heteroatoms. The van der Waals surface area contributed by atoms with Crippen molar-refractivity contribution in [3.63, 3.8) is 0 Å². The Bertz CT molecular complexity index is 1500. The topological polar surface area (TPSA) is 108 Å². The minimum Gasteiger partial charge on any atom is -1.00 e. The number of hydrogen-bond donors (Lipinski definition) is 0. The molecule has 4 aromatic rings. The Morgan fingerprint density at radius 3 is 1.87 bits per heavy atom. The molecular weight excluding hydrogens is 558 g/mol. The van der Waals surface area contributed by atoms with Gasteiger partial charge in [0.2, 0.25) is 17.8 Å². The first-order valence-electron chi connectivity index (χ1n) is 10.9. The number of carbonyl (C=O) groups excluding carboxylic acids is 2. The standard InChI is InChI=1S/C15H13FN3O.C12H8FN3O.BrH/c1-2-7-18-9-14(8-17)19(11-18)10-15(20)12-3-5-13(16)6-4-12;13-10-3-1-9(2-4-10)12(17)7-16-8-15-6-11(16)5-14;/h2-6,9,11H,1,7,10H2;1-4,6,8H,7H2;1H/q+1;;/p-1. The fourth-order valence-electron chi connectivity index (χ4n) is 3.28. The van der Waals surface area contributed by atoms with Crippen LogP contribution in [0.25, 0.3) is 0 Å². The molecule has 0 atom stereocenters. The zero-order chi connectivity index (χ0) is 26.8. The van der Waals surface area contributed by atoms with Crippen molar-refractivity contribution in [3.05, 3.63) is 120 Å². The van der Waals surface area contributed by atoms with Crippen LogP contribution >= 0.6 is 0 Å². The zero-order valence-corrected chi connectivity index (χ0v) is 21.6. The molecule has 0 amide bonds. The van der Waals surface area contributed by atoms with Gasteiger partial charge in [0.05, 0.1) is 19.1 Å². The Morgan fingerprint density at radius 2 is 1.39 bits per heavy atom. The van der Waals surface area contributed by atoms with E-state index in [1.807, 2.05) is 12.1 Å². The van der Waals surface area contributed by atoms with Gasteiger partial charge < -0.3 is 21.5 Å². The highest BCUT2D eigenvalue weighted by atomic mass is 79.9. The van der Waals surface area contributed by atoms with E-state index >= 15 is 0 Å². The van der Waals surface area contributed by atoms with E-state index in [0.29, 0.717) is 29.1 Å². The van der Waals surface area contributed by atoms with Gasteiger partial charge in [0, 0.05) is 11.1 Å². The van der Waals surface area contributed by atoms with Gasteiger partial charge in [-0.2, -0.15) is 10.5 Å². The highest BCUT2D eigenvalue weighted by molar-refractivity contribution is 5.96. The molecule has 0 unspecified atom stereocenters. The summed E-state index contributed by atoms with van der Waals surface area (Å²) in [7, 11) is 0. The third-order valence-electron chi connectivity index (χ3n) is 5.13. The highest BCUT2D eigenvalue weighted by Gasteiger charge is 2.17. The second kappa shape index (κ2) is 14.1. The van der Waals surface area contributed by atoms with Gasteiger partial charge in [-0.3, -0.25) is 9.59 Å². The van der Waals surface area contributed by atoms with Crippen LogP contribution in [-0.2, 0) is 19.6 Å². The van der Waals surface area contributed by atoms with Crippen molar-refractivity contribution in [2.24, 2.45) is 0 Å². The number of ketones is 2.